The molecule has 32 heavy (non-hydrogen) atoms. The van der Waals surface area contributed by atoms with E-state index in [1.54, 1.807) is 0 Å². The third-order valence-electron chi connectivity index (χ3n) is 5.82. The standard InChI is InChI=1S/C23H27FN4O3S/c1-17-26-20-8-3-4-9-21(20)28(17)15-7-12-25-23(29)18-10-11-19(24)22(16-18)32(30,31)27-13-5-2-6-14-27/h3-4,8-11,16H,2,5-7,12-15H2,1H3,(H,25,29). The molecule has 170 valence electrons. The molecular weight excluding hydrogens is 431 g/mol. The van der Waals surface area contributed by atoms with Gasteiger partial charge in [-0.1, -0.05) is 18.6 Å². The van der Waals surface area contributed by atoms with E-state index in [0.29, 0.717) is 32.6 Å². The predicted octanol–water partition coefficient (Wildman–Crippen LogP) is 3.48. The van der Waals surface area contributed by atoms with Crippen molar-refractivity contribution in [3.8, 4) is 0 Å². The highest BCUT2D eigenvalue weighted by molar-refractivity contribution is 7.89. The van der Waals surface area contributed by atoms with Gasteiger partial charge in [0.15, 0.2) is 0 Å². The molecule has 9 heteroatoms. The molecule has 1 N–H and O–H groups in total. The van der Waals surface area contributed by atoms with Crippen LogP contribution >= 0.6 is 0 Å². The molecule has 0 radical (unpaired) electrons. The largest absolute Gasteiger partial charge is 0.352 e. The number of imidazole rings is 1. The maximum atomic E-state index is 14.4. The topological polar surface area (TPSA) is 84.3 Å². The fourth-order valence-electron chi connectivity index (χ4n) is 4.11. The van der Waals surface area contributed by atoms with Gasteiger partial charge in [-0.25, -0.2) is 17.8 Å². The fourth-order valence-corrected chi connectivity index (χ4v) is 5.71. The first-order valence-electron chi connectivity index (χ1n) is 10.9. The number of hydrogen-bond donors (Lipinski definition) is 1. The van der Waals surface area contributed by atoms with E-state index in [1.165, 1.54) is 10.4 Å². The second-order valence-electron chi connectivity index (χ2n) is 8.02. The molecule has 0 aliphatic carbocycles. The monoisotopic (exact) mass is 458 g/mol. The zero-order valence-corrected chi connectivity index (χ0v) is 18.9. The number of sulfonamides is 1. The summed E-state index contributed by atoms with van der Waals surface area (Å²) in [6.45, 7) is 3.78. The first-order chi connectivity index (χ1) is 15.4. The number of carbonyl (C=O) groups excluding carboxylic acids is 1. The first kappa shape index (κ1) is 22.4. The molecule has 3 aromatic rings. The summed E-state index contributed by atoms with van der Waals surface area (Å²) in [6, 6.07) is 11.4. The zero-order valence-electron chi connectivity index (χ0n) is 18.1. The lowest BCUT2D eigenvalue weighted by molar-refractivity contribution is 0.0952. The number of para-hydroxylation sites is 2. The summed E-state index contributed by atoms with van der Waals surface area (Å²) in [5.41, 5.74) is 2.11. The number of amides is 1. The van der Waals surface area contributed by atoms with Crippen molar-refractivity contribution in [2.45, 2.75) is 44.0 Å². The smallest absolute Gasteiger partial charge is 0.251 e. The summed E-state index contributed by atoms with van der Waals surface area (Å²) < 4.78 is 43.5. The summed E-state index contributed by atoms with van der Waals surface area (Å²) in [7, 11) is -3.96. The molecule has 1 amide bonds. The Morgan fingerprint density at radius 3 is 2.66 bits per heavy atom. The van der Waals surface area contributed by atoms with Crippen molar-refractivity contribution < 1.29 is 17.6 Å². The molecule has 1 aromatic heterocycles. The number of benzene rings is 2. The molecule has 1 saturated heterocycles. The van der Waals surface area contributed by atoms with Gasteiger partial charge in [0.2, 0.25) is 10.0 Å². The molecule has 0 saturated carbocycles. The van der Waals surface area contributed by atoms with E-state index < -0.39 is 26.6 Å². The van der Waals surface area contributed by atoms with Crippen molar-refractivity contribution in [2.24, 2.45) is 0 Å². The molecule has 1 aliphatic heterocycles. The van der Waals surface area contributed by atoms with Gasteiger partial charge in [-0.15, -0.1) is 0 Å². The van der Waals surface area contributed by atoms with Crippen LogP contribution in [0.5, 0.6) is 0 Å². The Morgan fingerprint density at radius 2 is 1.88 bits per heavy atom. The summed E-state index contributed by atoms with van der Waals surface area (Å²) in [5, 5.41) is 2.80. The molecule has 0 unspecified atom stereocenters. The van der Waals surface area contributed by atoms with Crippen molar-refractivity contribution >= 4 is 27.0 Å². The normalized spacial score (nSPS) is 15.2. The summed E-state index contributed by atoms with van der Waals surface area (Å²) in [5.74, 6) is -0.356. The summed E-state index contributed by atoms with van der Waals surface area (Å²) >= 11 is 0. The lowest BCUT2D eigenvalue weighted by atomic mass is 10.2. The minimum Gasteiger partial charge on any atom is -0.352 e. The number of carbonyl (C=O) groups is 1. The molecule has 0 bridgehead atoms. The van der Waals surface area contributed by atoms with E-state index >= 15 is 0 Å². The molecule has 0 atom stereocenters. The number of piperidine rings is 1. The van der Waals surface area contributed by atoms with Gasteiger partial charge >= 0.3 is 0 Å². The third kappa shape index (κ3) is 4.54. The first-order valence-corrected chi connectivity index (χ1v) is 12.3. The Kier molecular flexibility index (Phi) is 6.57. The van der Waals surface area contributed by atoms with Gasteiger partial charge in [0.25, 0.3) is 5.91 Å². The number of aromatic nitrogens is 2. The number of nitrogens with one attached hydrogen (secondary N) is 1. The molecule has 1 fully saturated rings. The van der Waals surface area contributed by atoms with Gasteiger partial charge in [-0.05, 0) is 56.5 Å². The van der Waals surface area contributed by atoms with Gasteiger partial charge in [0.1, 0.15) is 16.5 Å². The van der Waals surface area contributed by atoms with Crippen LogP contribution in [0.25, 0.3) is 11.0 Å². The number of hydrogen-bond acceptors (Lipinski definition) is 4. The maximum Gasteiger partial charge on any atom is 0.251 e. The van der Waals surface area contributed by atoms with Gasteiger partial charge in [0, 0.05) is 31.7 Å². The number of halogens is 1. The van der Waals surface area contributed by atoms with E-state index in [9.17, 15) is 17.6 Å². The van der Waals surface area contributed by atoms with Gasteiger partial charge < -0.3 is 9.88 Å². The number of rotatable bonds is 7. The van der Waals surface area contributed by atoms with Crippen molar-refractivity contribution in [1.82, 2.24) is 19.2 Å². The van der Waals surface area contributed by atoms with Crippen LogP contribution in [0.15, 0.2) is 47.4 Å². The van der Waals surface area contributed by atoms with Crippen LogP contribution in [-0.2, 0) is 16.6 Å². The molecule has 7 nitrogen and oxygen atoms in total. The summed E-state index contributed by atoms with van der Waals surface area (Å²) in [4.78, 5) is 16.7. The third-order valence-corrected chi connectivity index (χ3v) is 7.73. The van der Waals surface area contributed by atoms with Crippen molar-refractivity contribution in [3.05, 3.63) is 59.7 Å². The van der Waals surface area contributed by atoms with Crippen LogP contribution < -0.4 is 5.32 Å². The van der Waals surface area contributed by atoms with Crippen LogP contribution in [-0.4, -0.2) is 47.8 Å². The number of aryl methyl sites for hydroxylation is 2. The molecule has 2 aromatic carbocycles. The Balaban J connectivity index is 1.40. The lowest BCUT2D eigenvalue weighted by Crippen LogP contribution is -2.36. The second-order valence-corrected chi connectivity index (χ2v) is 9.93. The van der Waals surface area contributed by atoms with Crippen LogP contribution in [0.1, 0.15) is 41.9 Å². The molecule has 4 rings (SSSR count). The fraction of sp³-hybridized carbons (Fsp3) is 0.391. The predicted molar refractivity (Wildman–Crippen MR) is 120 cm³/mol. The van der Waals surface area contributed by atoms with Crippen molar-refractivity contribution in [2.75, 3.05) is 19.6 Å². The SMILES string of the molecule is Cc1nc2ccccc2n1CCCNC(=O)c1ccc(F)c(S(=O)(=O)N2CCCCC2)c1. The van der Waals surface area contributed by atoms with E-state index in [2.05, 4.69) is 14.9 Å². The van der Waals surface area contributed by atoms with Crippen molar-refractivity contribution in [3.63, 3.8) is 0 Å². The second kappa shape index (κ2) is 9.38. The van der Waals surface area contributed by atoms with Gasteiger partial charge in [0.05, 0.1) is 11.0 Å². The summed E-state index contributed by atoms with van der Waals surface area (Å²) in [6.07, 6.45) is 3.15. The average molecular weight is 459 g/mol. The van der Waals surface area contributed by atoms with E-state index in [1.807, 2.05) is 31.2 Å². The Labute approximate surface area is 187 Å². The van der Waals surface area contributed by atoms with Gasteiger partial charge in [-0.3, -0.25) is 4.79 Å². The van der Waals surface area contributed by atoms with Crippen LogP contribution in [0.2, 0.25) is 0 Å². The van der Waals surface area contributed by atoms with Gasteiger partial charge in [-0.2, -0.15) is 4.31 Å². The molecule has 2 heterocycles. The average Bonchev–Trinajstić information content (AvgIpc) is 3.12. The van der Waals surface area contributed by atoms with Crippen LogP contribution in [0.4, 0.5) is 4.39 Å². The minimum absolute atomic E-state index is 0.131. The molecule has 0 spiro atoms. The van der Waals surface area contributed by atoms with E-state index in [-0.39, 0.29) is 5.56 Å². The molecular formula is C23H27FN4O3S. The highest BCUT2D eigenvalue weighted by atomic mass is 32.2. The quantitative estimate of drug-likeness (QED) is 0.550. The van der Waals surface area contributed by atoms with Crippen LogP contribution in [0, 0.1) is 12.7 Å². The molecule has 1 aliphatic rings. The van der Waals surface area contributed by atoms with Crippen molar-refractivity contribution in [1.29, 1.82) is 0 Å². The lowest BCUT2D eigenvalue weighted by Gasteiger charge is -2.26. The highest BCUT2D eigenvalue weighted by Crippen LogP contribution is 2.24. The Bertz CT molecular complexity index is 1230. The van der Waals surface area contributed by atoms with E-state index in [0.717, 1.165) is 48.3 Å². The Hall–Kier alpha value is -2.78. The highest BCUT2D eigenvalue weighted by Gasteiger charge is 2.29. The van der Waals surface area contributed by atoms with E-state index in [4.69, 9.17) is 0 Å². The Morgan fingerprint density at radius 1 is 1.12 bits per heavy atom. The zero-order chi connectivity index (χ0) is 22.7. The number of fused-ring (bicyclic) bond motifs is 1. The number of nitrogens with zero attached hydrogens (tertiary/aromatic N) is 3. The van der Waals surface area contributed by atoms with Crippen LogP contribution in [0.3, 0.4) is 0 Å². The minimum atomic E-state index is -3.96. The maximum absolute atomic E-state index is 14.4.